The molecule has 1 saturated heterocycles. The van der Waals surface area contributed by atoms with E-state index in [1.165, 1.54) is 0 Å². The summed E-state index contributed by atoms with van der Waals surface area (Å²) in [7, 11) is 0. The van der Waals surface area contributed by atoms with Crippen LogP contribution in [-0.4, -0.2) is 25.8 Å². The van der Waals surface area contributed by atoms with E-state index in [0.717, 1.165) is 37.4 Å². The first-order valence-corrected chi connectivity index (χ1v) is 6.77. The van der Waals surface area contributed by atoms with Gasteiger partial charge in [0.15, 0.2) is 0 Å². The molecule has 0 saturated carbocycles. The standard InChI is InChI=1S/C14H17ClN2O/c1-2-13-10-17(5-6-18-13)14-4-3-11(8-15)7-12(14)9-16/h3-4,7,13H,2,5-6,8,10H2,1H3. The molecule has 1 aliphatic heterocycles. The van der Waals surface area contributed by atoms with E-state index >= 15 is 0 Å². The fourth-order valence-corrected chi connectivity index (χ4v) is 2.38. The van der Waals surface area contributed by atoms with Crippen LogP contribution in [-0.2, 0) is 10.6 Å². The van der Waals surface area contributed by atoms with E-state index in [2.05, 4.69) is 17.9 Å². The minimum atomic E-state index is 0.262. The maximum Gasteiger partial charge on any atom is 0.101 e. The Morgan fingerprint density at radius 1 is 1.56 bits per heavy atom. The average molecular weight is 265 g/mol. The number of rotatable bonds is 3. The summed E-state index contributed by atoms with van der Waals surface area (Å²) in [6.07, 6.45) is 1.26. The second-order valence-electron chi connectivity index (χ2n) is 4.44. The number of alkyl halides is 1. The van der Waals surface area contributed by atoms with E-state index in [1.807, 2.05) is 18.2 Å². The molecule has 1 heterocycles. The van der Waals surface area contributed by atoms with Gasteiger partial charge in [0.05, 0.1) is 24.0 Å². The number of nitriles is 1. The molecule has 0 radical (unpaired) electrons. The highest BCUT2D eigenvalue weighted by atomic mass is 35.5. The second-order valence-corrected chi connectivity index (χ2v) is 4.71. The van der Waals surface area contributed by atoms with E-state index in [1.54, 1.807) is 0 Å². The van der Waals surface area contributed by atoms with Gasteiger partial charge in [0.1, 0.15) is 6.07 Å². The van der Waals surface area contributed by atoms with Gasteiger partial charge in [-0.25, -0.2) is 0 Å². The zero-order valence-corrected chi connectivity index (χ0v) is 11.3. The molecule has 18 heavy (non-hydrogen) atoms. The van der Waals surface area contributed by atoms with Crippen molar-refractivity contribution in [2.24, 2.45) is 0 Å². The Kier molecular flexibility index (Phi) is 4.46. The molecule has 3 nitrogen and oxygen atoms in total. The van der Waals surface area contributed by atoms with Crippen molar-refractivity contribution in [3.8, 4) is 6.07 Å². The number of morpholine rings is 1. The normalized spacial score (nSPS) is 19.6. The van der Waals surface area contributed by atoms with Crippen LogP contribution in [0.25, 0.3) is 0 Å². The molecule has 2 rings (SSSR count). The van der Waals surface area contributed by atoms with Crippen molar-refractivity contribution in [3.63, 3.8) is 0 Å². The largest absolute Gasteiger partial charge is 0.375 e. The van der Waals surface area contributed by atoms with Crippen molar-refractivity contribution in [1.29, 1.82) is 5.26 Å². The van der Waals surface area contributed by atoms with Crippen molar-refractivity contribution >= 4 is 17.3 Å². The molecule has 0 N–H and O–H groups in total. The van der Waals surface area contributed by atoms with Gasteiger partial charge in [-0.2, -0.15) is 5.26 Å². The fourth-order valence-electron chi connectivity index (χ4n) is 2.22. The molecule has 0 spiro atoms. The quantitative estimate of drug-likeness (QED) is 0.788. The number of hydrogen-bond donors (Lipinski definition) is 0. The smallest absolute Gasteiger partial charge is 0.101 e. The Hall–Kier alpha value is -1.24. The molecule has 4 heteroatoms. The van der Waals surface area contributed by atoms with Crippen molar-refractivity contribution < 1.29 is 4.74 Å². The van der Waals surface area contributed by atoms with Crippen LogP contribution in [0.5, 0.6) is 0 Å². The molecule has 0 amide bonds. The number of hydrogen-bond acceptors (Lipinski definition) is 3. The molecule has 96 valence electrons. The van der Waals surface area contributed by atoms with Gasteiger partial charge in [-0.15, -0.1) is 11.6 Å². The van der Waals surface area contributed by atoms with Crippen LogP contribution < -0.4 is 4.90 Å². The van der Waals surface area contributed by atoms with Crippen LogP contribution in [0.3, 0.4) is 0 Å². The van der Waals surface area contributed by atoms with Crippen molar-refractivity contribution in [2.45, 2.75) is 25.3 Å². The Bertz CT molecular complexity index is 456. The molecule has 1 aromatic rings. The molecule has 1 fully saturated rings. The van der Waals surface area contributed by atoms with Gasteiger partial charge in [0.2, 0.25) is 0 Å². The Labute approximate surface area is 113 Å². The van der Waals surface area contributed by atoms with E-state index < -0.39 is 0 Å². The highest BCUT2D eigenvalue weighted by molar-refractivity contribution is 6.17. The highest BCUT2D eigenvalue weighted by Gasteiger charge is 2.21. The van der Waals surface area contributed by atoms with Crippen LogP contribution in [0.2, 0.25) is 0 Å². The summed E-state index contributed by atoms with van der Waals surface area (Å²) in [5.41, 5.74) is 2.68. The fraction of sp³-hybridized carbons (Fsp3) is 0.500. The van der Waals surface area contributed by atoms with E-state index in [4.69, 9.17) is 16.3 Å². The van der Waals surface area contributed by atoms with Gasteiger partial charge >= 0.3 is 0 Å². The molecule has 0 bridgehead atoms. The monoisotopic (exact) mass is 264 g/mol. The Balaban J connectivity index is 2.24. The third-order valence-corrected chi connectivity index (χ3v) is 3.58. The second kappa shape index (κ2) is 6.08. The molecular weight excluding hydrogens is 248 g/mol. The first-order valence-electron chi connectivity index (χ1n) is 6.24. The van der Waals surface area contributed by atoms with Gasteiger partial charge in [-0.1, -0.05) is 13.0 Å². The SMILES string of the molecule is CCC1CN(c2ccc(CCl)cc2C#N)CCO1. The zero-order chi connectivity index (χ0) is 13.0. The van der Waals surface area contributed by atoms with Crippen LogP contribution in [0.4, 0.5) is 5.69 Å². The van der Waals surface area contributed by atoms with Gasteiger partial charge in [-0.05, 0) is 24.1 Å². The summed E-state index contributed by atoms with van der Waals surface area (Å²) >= 11 is 5.80. The number of anilines is 1. The first kappa shape index (κ1) is 13.2. The Morgan fingerprint density at radius 2 is 2.39 bits per heavy atom. The minimum absolute atomic E-state index is 0.262. The van der Waals surface area contributed by atoms with Gasteiger partial charge in [0.25, 0.3) is 0 Å². The predicted molar refractivity (Wildman–Crippen MR) is 73.0 cm³/mol. The maximum absolute atomic E-state index is 9.24. The van der Waals surface area contributed by atoms with Gasteiger partial charge < -0.3 is 9.64 Å². The minimum Gasteiger partial charge on any atom is -0.375 e. The van der Waals surface area contributed by atoms with Crippen molar-refractivity contribution in [2.75, 3.05) is 24.6 Å². The third kappa shape index (κ3) is 2.77. The number of ether oxygens (including phenoxy) is 1. The summed E-state index contributed by atoms with van der Waals surface area (Å²) in [4.78, 5) is 2.23. The van der Waals surface area contributed by atoms with Crippen molar-refractivity contribution in [3.05, 3.63) is 29.3 Å². The Morgan fingerprint density at radius 3 is 3.06 bits per heavy atom. The first-order chi connectivity index (χ1) is 8.78. The number of benzene rings is 1. The summed E-state index contributed by atoms with van der Waals surface area (Å²) in [5.74, 6) is 0.440. The lowest BCUT2D eigenvalue weighted by molar-refractivity contribution is 0.0384. The van der Waals surface area contributed by atoms with Gasteiger partial charge in [-0.3, -0.25) is 0 Å². The van der Waals surface area contributed by atoms with Crippen molar-refractivity contribution in [1.82, 2.24) is 0 Å². The van der Waals surface area contributed by atoms with Gasteiger partial charge in [0, 0.05) is 19.0 Å². The molecule has 1 aromatic carbocycles. The molecular formula is C14H17ClN2O. The lowest BCUT2D eigenvalue weighted by Gasteiger charge is -2.34. The third-order valence-electron chi connectivity index (χ3n) is 3.27. The summed E-state index contributed by atoms with van der Waals surface area (Å²) in [6.45, 7) is 4.54. The molecule has 1 aliphatic rings. The predicted octanol–water partition coefficient (Wildman–Crippen LogP) is 2.91. The number of halogens is 1. The lowest BCUT2D eigenvalue weighted by Crippen LogP contribution is -2.42. The lowest BCUT2D eigenvalue weighted by atomic mass is 10.1. The molecule has 0 aromatic heterocycles. The summed E-state index contributed by atoms with van der Waals surface area (Å²) < 4.78 is 5.65. The summed E-state index contributed by atoms with van der Waals surface area (Å²) in [6, 6.07) is 8.11. The van der Waals surface area contributed by atoms with Crippen LogP contribution in [0.15, 0.2) is 18.2 Å². The average Bonchev–Trinajstić information content (AvgIpc) is 2.46. The van der Waals surface area contributed by atoms with Crippen LogP contribution in [0, 0.1) is 11.3 Å². The van der Waals surface area contributed by atoms with Crippen LogP contribution >= 0.6 is 11.6 Å². The van der Waals surface area contributed by atoms with Crippen LogP contribution in [0.1, 0.15) is 24.5 Å². The zero-order valence-electron chi connectivity index (χ0n) is 10.5. The summed E-state index contributed by atoms with van der Waals surface area (Å²) in [5, 5.41) is 9.24. The van der Waals surface area contributed by atoms with E-state index in [0.29, 0.717) is 11.4 Å². The van der Waals surface area contributed by atoms with E-state index in [-0.39, 0.29) is 6.10 Å². The topological polar surface area (TPSA) is 36.3 Å². The maximum atomic E-state index is 9.24. The molecule has 0 aliphatic carbocycles. The number of nitrogens with zero attached hydrogens (tertiary/aromatic N) is 2. The highest BCUT2D eigenvalue weighted by Crippen LogP contribution is 2.24. The molecule has 1 unspecified atom stereocenters. The van der Waals surface area contributed by atoms with E-state index in [9.17, 15) is 5.26 Å². The molecule has 1 atom stereocenters.